The molecule has 28 heavy (non-hydrogen) atoms. The topological polar surface area (TPSA) is 116 Å². The van der Waals surface area contributed by atoms with Crippen LogP contribution in [-0.4, -0.2) is 71.3 Å². The van der Waals surface area contributed by atoms with Crippen molar-refractivity contribution >= 4 is 35.7 Å². The quantitative estimate of drug-likeness (QED) is 0.300. The molecule has 0 aromatic carbocycles. The smallest absolute Gasteiger partial charge is 0.359 e. The van der Waals surface area contributed by atoms with E-state index in [1.165, 1.54) is 14.2 Å². The first-order valence-corrected chi connectivity index (χ1v) is 10.6. The van der Waals surface area contributed by atoms with Crippen LogP contribution in [0, 0.1) is 11.8 Å². The number of rotatable bonds is 11. The third-order valence-corrected chi connectivity index (χ3v) is 5.08. The van der Waals surface area contributed by atoms with E-state index in [1.54, 1.807) is 11.8 Å². The molecule has 0 saturated heterocycles. The summed E-state index contributed by atoms with van der Waals surface area (Å²) < 4.78 is 4.52. The summed E-state index contributed by atoms with van der Waals surface area (Å²) in [6.07, 6.45) is 1.47. The van der Waals surface area contributed by atoms with Crippen molar-refractivity contribution in [3.63, 3.8) is 0 Å². The molecule has 10 heteroatoms. The molecule has 0 aliphatic heterocycles. The molecule has 0 heterocycles. The number of nitrogens with one attached hydrogen (secondary N) is 1. The number of methoxy groups -OCH3 is 1. The largest absolute Gasteiger partial charge is 0.469 e. The molecule has 0 aliphatic rings. The van der Waals surface area contributed by atoms with Gasteiger partial charge < -0.3 is 10.1 Å². The van der Waals surface area contributed by atoms with Crippen molar-refractivity contribution < 1.29 is 29.1 Å². The third kappa shape index (κ3) is 9.41. The lowest BCUT2D eigenvalue weighted by molar-refractivity contribution is -0.158. The maximum absolute atomic E-state index is 12.7. The van der Waals surface area contributed by atoms with Crippen LogP contribution in [0.5, 0.6) is 0 Å². The fraction of sp³-hybridized carbons (Fsp3) is 0.778. The Bertz CT molecular complexity index is 529. The van der Waals surface area contributed by atoms with Gasteiger partial charge >= 0.3 is 18.0 Å². The number of thioether (sulfide) groups is 1. The lowest BCUT2D eigenvalue weighted by atomic mass is 9.98. The van der Waals surface area contributed by atoms with Gasteiger partial charge in [0.25, 0.3) is 5.91 Å². The second-order valence-electron chi connectivity index (χ2n) is 6.65. The van der Waals surface area contributed by atoms with E-state index in [9.17, 15) is 24.4 Å². The molecule has 0 rings (SSSR count). The summed E-state index contributed by atoms with van der Waals surface area (Å²) in [6, 6.07) is -1.91. The second-order valence-corrected chi connectivity index (χ2v) is 7.97. The van der Waals surface area contributed by atoms with Crippen LogP contribution in [0.1, 0.15) is 46.5 Å². The third-order valence-electron chi connectivity index (χ3n) is 4.04. The molecule has 0 bridgehead atoms. The number of amides is 5. The highest BCUT2D eigenvalue weighted by molar-refractivity contribution is 7.99. The standard InChI is InChI=1S/C18H33N3O6S/c1-6-28-12-14(10-9-13(2)3)16(23)21(26)18(25)20(17(24)19-4)11-7-8-15(22)27-5/h13-14,26H,6-12H2,1-5H3,(H,19,24)/t14-/m1/s1. The lowest BCUT2D eigenvalue weighted by Crippen LogP contribution is -2.52. The van der Waals surface area contributed by atoms with Gasteiger partial charge in [-0.15, -0.1) is 5.06 Å². The molecule has 0 aliphatic carbocycles. The van der Waals surface area contributed by atoms with Crippen LogP contribution in [0.15, 0.2) is 0 Å². The number of carbonyl (C=O) groups excluding carboxylic acids is 4. The number of nitrogens with zero attached hydrogens (tertiary/aromatic N) is 2. The first kappa shape index (κ1) is 26.2. The molecule has 0 spiro atoms. The summed E-state index contributed by atoms with van der Waals surface area (Å²) in [5, 5.41) is 12.5. The second kappa shape index (κ2) is 14.2. The van der Waals surface area contributed by atoms with E-state index < -0.39 is 29.9 Å². The van der Waals surface area contributed by atoms with Gasteiger partial charge in [0.05, 0.1) is 7.11 Å². The maximum atomic E-state index is 12.7. The monoisotopic (exact) mass is 419 g/mol. The molecule has 0 saturated carbocycles. The van der Waals surface area contributed by atoms with Gasteiger partial charge in [0.2, 0.25) is 0 Å². The first-order valence-electron chi connectivity index (χ1n) is 9.40. The van der Waals surface area contributed by atoms with Crippen LogP contribution in [0.4, 0.5) is 9.59 Å². The summed E-state index contributed by atoms with van der Waals surface area (Å²) in [5.74, 6) is -0.0642. The van der Waals surface area contributed by atoms with E-state index in [2.05, 4.69) is 10.1 Å². The van der Waals surface area contributed by atoms with Gasteiger partial charge in [-0.25, -0.2) is 14.5 Å². The van der Waals surface area contributed by atoms with Crippen molar-refractivity contribution in [2.45, 2.75) is 46.5 Å². The minimum atomic E-state index is -1.13. The van der Waals surface area contributed by atoms with Crippen molar-refractivity contribution in [1.29, 1.82) is 0 Å². The van der Waals surface area contributed by atoms with Gasteiger partial charge in [0, 0.05) is 31.7 Å². The van der Waals surface area contributed by atoms with Crippen molar-refractivity contribution in [2.75, 3.05) is 32.2 Å². The highest BCUT2D eigenvalue weighted by Gasteiger charge is 2.33. The number of urea groups is 2. The summed E-state index contributed by atoms with van der Waals surface area (Å²) in [6.45, 7) is 5.89. The average Bonchev–Trinajstić information content (AvgIpc) is 2.68. The molecule has 1 atom stereocenters. The highest BCUT2D eigenvalue weighted by atomic mass is 32.2. The van der Waals surface area contributed by atoms with Crippen LogP contribution in [0.25, 0.3) is 0 Å². The Balaban J connectivity index is 5.16. The Morgan fingerprint density at radius 3 is 2.32 bits per heavy atom. The first-order chi connectivity index (χ1) is 13.2. The predicted molar refractivity (Wildman–Crippen MR) is 107 cm³/mol. The van der Waals surface area contributed by atoms with Crippen molar-refractivity contribution in [3.05, 3.63) is 0 Å². The Morgan fingerprint density at radius 1 is 1.18 bits per heavy atom. The van der Waals surface area contributed by atoms with E-state index >= 15 is 0 Å². The van der Waals surface area contributed by atoms with E-state index in [-0.39, 0.29) is 24.4 Å². The molecule has 2 N–H and O–H groups in total. The molecule has 0 radical (unpaired) electrons. The van der Waals surface area contributed by atoms with Crippen molar-refractivity contribution in [3.8, 4) is 0 Å². The van der Waals surface area contributed by atoms with E-state index in [0.29, 0.717) is 23.0 Å². The Hall–Kier alpha value is -1.81. The van der Waals surface area contributed by atoms with E-state index in [4.69, 9.17) is 0 Å². The Labute approximate surface area is 171 Å². The number of carbonyl (C=O) groups is 4. The van der Waals surface area contributed by atoms with Gasteiger partial charge in [-0.05, 0) is 24.5 Å². The van der Waals surface area contributed by atoms with E-state index in [1.807, 2.05) is 20.8 Å². The van der Waals surface area contributed by atoms with Gasteiger partial charge in [-0.2, -0.15) is 11.8 Å². The normalized spacial score (nSPS) is 11.7. The summed E-state index contributed by atoms with van der Waals surface area (Å²) in [5.41, 5.74) is 0. The maximum Gasteiger partial charge on any atom is 0.359 e. The Kier molecular flexibility index (Phi) is 13.3. The summed E-state index contributed by atoms with van der Waals surface area (Å²) >= 11 is 1.55. The van der Waals surface area contributed by atoms with Crippen LogP contribution < -0.4 is 5.32 Å². The SMILES string of the molecule is CCSC[C@@H](CCC(C)C)C(=O)N(O)C(=O)N(CCCC(=O)OC)C(=O)NC. The van der Waals surface area contributed by atoms with Crippen molar-refractivity contribution in [2.24, 2.45) is 11.8 Å². The number of imide groups is 2. The number of hydrogen-bond donors (Lipinski definition) is 2. The molecule has 5 amide bonds. The zero-order chi connectivity index (χ0) is 21.7. The van der Waals surface area contributed by atoms with Crippen LogP contribution in [0.2, 0.25) is 0 Å². The van der Waals surface area contributed by atoms with Crippen LogP contribution >= 0.6 is 11.8 Å². The average molecular weight is 420 g/mol. The summed E-state index contributed by atoms with van der Waals surface area (Å²) in [4.78, 5) is 49.1. The molecule has 0 unspecified atom stereocenters. The molecule has 9 nitrogen and oxygen atoms in total. The van der Waals surface area contributed by atoms with Gasteiger partial charge in [0.1, 0.15) is 0 Å². The highest BCUT2D eigenvalue weighted by Crippen LogP contribution is 2.20. The zero-order valence-electron chi connectivity index (χ0n) is 17.4. The molecule has 0 fully saturated rings. The molecule has 162 valence electrons. The van der Waals surface area contributed by atoms with Gasteiger partial charge in [0.15, 0.2) is 0 Å². The lowest BCUT2D eigenvalue weighted by Gasteiger charge is -2.26. The van der Waals surface area contributed by atoms with Crippen molar-refractivity contribution in [1.82, 2.24) is 15.3 Å². The molecule has 0 aromatic rings. The number of ether oxygens (including phenoxy) is 1. The van der Waals surface area contributed by atoms with Crippen LogP contribution in [-0.2, 0) is 14.3 Å². The molecular formula is C18H33N3O6S. The predicted octanol–water partition coefficient (Wildman–Crippen LogP) is 2.72. The Morgan fingerprint density at radius 2 is 1.82 bits per heavy atom. The fourth-order valence-electron chi connectivity index (χ4n) is 2.36. The fourth-order valence-corrected chi connectivity index (χ4v) is 3.19. The number of esters is 1. The minimum Gasteiger partial charge on any atom is -0.469 e. The van der Waals surface area contributed by atoms with Crippen LogP contribution in [0.3, 0.4) is 0 Å². The number of hydroxylamine groups is 2. The molecular weight excluding hydrogens is 386 g/mol. The van der Waals surface area contributed by atoms with Gasteiger partial charge in [-0.1, -0.05) is 27.2 Å². The summed E-state index contributed by atoms with van der Waals surface area (Å²) in [7, 11) is 2.57. The zero-order valence-corrected chi connectivity index (χ0v) is 18.2. The van der Waals surface area contributed by atoms with Gasteiger partial charge in [-0.3, -0.25) is 14.8 Å². The van der Waals surface area contributed by atoms with E-state index in [0.717, 1.165) is 12.2 Å². The molecule has 0 aromatic heterocycles. The minimum absolute atomic E-state index is 0.000796. The number of hydrogen-bond acceptors (Lipinski definition) is 7.